The van der Waals surface area contributed by atoms with Crippen molar-refractivity contribution in [2.75, 3.05) is 20.1 Å². The van der Waals surface area contributed by atoms with Crippen LogP contribution in [0.15, 0.2) is 33.5 Å². The quantitative estimate of drug-likeness (QED) is 0.579. The number of benzene rings is 1. The number of nitrogens with one attached hydrogen (secondary N) is 2. The van der Waals surface area contributed by atoms with Gasteiger partial charge in [0.25, 0.3) is 5.91 Å². The highest BCUT2D eigenvalue weighted by molar-refractivity contribution is 6.31. The van der Waals surface area contributed by atoms with Crippen LogP contribution in [0.4, 0.5) is 0 Å². The summed E-state index contributed by atoms with van der Waals surface area (Å²) >= 11 is 6.01. The molecule has 2 aromatic heterocycles. The van der Waals surface area contributed by atoms with Gasteiger partial charge in [-0.1, -0.05) is 11.6 Å². The van der Waals surface area contributed by atoms with Crippen LogP contribution in [0, 0.1) is 6.92 Å². The first-order valence-electron chi connectivity index (χ1n) is 9.67. The number of carbonyl (C=O) groups is 1. The molecule has 3 heterocycles. The van der Waals surface area contributed by atoms with Crippen LogP contribution >= 0.6 is 36.4 Å². The smallest absolute Gasteiger partial charge is 0.349 e. The van der Waals surface area contributed by atoms with Crippen molar-refractivity contribution in [3.05, 3.63) is 62.4 Å². The number of H-pyrrole nitrogens is 1. The van der Waals surface area contributed by atoms with Gasteiger partial charge in [-0.05, 0) is 56.1 Å². The molecule has 1 amide bonds. The van der Waals surface area contributed by atoms with Crippen LogP contribution in [0.5, 0.6) is 0 Å². The Kier molecular flexibility index (Phi) is 8.54. The lowest BCUT2D eigenvalue weighted by atomic mass is 9.95. The maximum absolute atomic E-state index is 12.9. The molecule has 4 rings (SSSR count). The van der Waals surface area contributed by atoms with Crippen molar-refractivity contribution in [2.45, 2.75) is 32.2 Å². The lowest BCUT2D eigenvalue weighted by molar-refractivity contribution is 0.0776. The number of piperidine rings is 1. The molecule has 0 aliphatic carbocycles. The number of hydrogen-bond acceptors (Lipinski definition) is 5. The fourth-order valence-electron chi connectivity index (χ4n) is 3.78. The molecule has 0 saturated carbocycles. The van der Waals surface area contributed by atoms with Gasteiger partial charge in [-0.15, -0.1) is 24.8 Å². The highest BCUT2D eigenvalue weighted by Crippen LogP contribution is 2.24. The molecule has 1 atom stereocenters. The molecule has 2 N–H and O–H groups in total. The number of halogens is 3. The number of aryl methyl sites for hydroxylation is 1. The number of fused-ring (bicyclic) bond motifs is 1. The van der Waals surface area contributed by atoms with Crippen molar-refractivity contribution in [3.63, 3.8) is 0 Å². The number of rotatable bonds is 4. The second kappa shape index (κ2) is 10.5. The van der Waals surface area contributed by atoms with E-state index in [1.165, 1.54) is 4.90 Å². The van der Waals surface area contributed by atoms with Crippen LogP contribution in [0.2, 0.25) is 5.02 Å². The second-order valence-corrected chi connectivity index (χ2v) is 7.98. The van der Waals surface area contributed by atoms with Crippen LogP contribution < -0.4 is 10.9 Å². The van der Waals surface area contributed by atoms with Gasteiger partial charge in [-0.3, -0.25) is 4.79 Å². The monoisotopic (exact) mass is 486 g/mol. The van der Waals surface area contributed by atoms with Crippen molar-refractivity contribution in [1.29, 1.82) is 0 Å². The molecule has 1 fully saturated rings. The van der Waals surface area contributed by atoms with E-state index in [1.807, 2.05) is 12.1 Å². The highest BCUT2D eigenvalue weighted by atomic mass is 35.5. The average molecular weight is 488 g/mol. The minimum Gasteiger partial charge on any atom is -0.427 e. The Hall–Kier alpha value is -2.06. The number of aromatic amines is 1. The molecule has 1 saturated heterocycles. The van der Waals surface area contributed by atoms with E-state index in [1.54, 1.807) is 26.1 Å². The number of imidazole rings is 1. The molecule has 10 heteroatoms. The van der Waals surface area contributed by atoms with E-state index in [2.05, 4.69) is 15.3 Å². The van der Waals surface area contributed by atoms with E-state index >= 15 is 0 Å². The first-order chi connectivity index (χ1) is 13.9. The predicted molar refractivity (Wildman–Crippen MR) is 126 cm³/mol. The van der Waals surface area contributed by atoms with Gasteiger partial charge in [0.15, 0.2) is 0 Å². The predicted octanol–water partition coefficient (Wildman–Crippen LogP) is 4.06. The third-order valence-electron chi connectivity index (χ3n) is 5.31. The van der Waals surface area contributed by atoms with Crippen molar-refractivity contribution >= 4 is 53.4 Å². The van der Waals surface area contributed by atoms with Gasteiger partial charge in [-0.2, -0.15) is 0 Å². The number of amides is 1. The van der Waals surface area contributed by atoms with Gasteiger partial charge in [-0.25, -0.2) is 9.78 Å². The van der Waals surface area contributed by atoms with Gasteiger partial charge in [0, 0.05) is 24.5 Å². The summed E-state index contributed by atoms with van der Waals surface area (Å²) in [5.41, 5.74) is 1.69. The number of hydrogen-bond donors (Lipinski definition) is 2. The minimum absolute atomic E-state index is 0. The summed E-state index contributed by atoms with van der Waals surface area (Å²) in [6, 6.07) is 7.19. The summed E-state index contributed by atoms with van der Waals surface area (Å²) in [5.74, 6) is 1.04. The van der Waals surface area contributed by atoms with Crippen molar-refractivity contribution in [1.82, 2.24) is 20.2 Å². The fraction of sp³-hybridized carbons (Fsp3) is 0.381. The zero-order chi connectivity index (χ0) is 20.5. The molecule has 1 unspecified atom stereocenters. The summed E-state index contributed by atoms with van der Waals surface area (Å²) in [4.78, 5) is 34.6. The summed E-state index contributed by atoms with van der Waals surface area (Å²) < 4.78 is 5.53. The van der Waals surface area contributed by atoms with Crippen molar-refractivity contribution < 1.29 is 9.21 Å². The lowest BCUT2D eigenvalue weighted by Crippen LogP contribution is -2.33. The van der Waals surface area contributed by atoms with Gasteiger partial charge in [0.1, 0.15) is 17.1 Å². The normalized spacial score (nSPS) is 15.8. The van der Waals surface area contributed by atoms with E-state index in [4.69, 9.17) is 16.0 Å². The summed E-state index contributed by atoms with van der Waals surface area (Å²) in [7, 11) is 1.64. The Bertz CT molecular complexity index is 1120. The van der Waals surface area contributed by atoms with Gasteiger partial charge in [0.2, 0.25) is 0 Å². The van der Waals surface area contributed by atoms with Gasteiger partial charge in [0.05, 0.1) is 17.6 Å². The number of nitrogens with zero attached hydrogens (tertiary/aromatic N) is 2. The molecule has 7 nitrogen and oxygen atoms in total. The maximum atomic E-state index is 12.9. The van der Waals surface area contributed by atoms with Crippen LogP contribution in [-0.2, 0) is 6.54 Å². The molecule has 0 bridgehead atoms. The standard InChI is InChI=1S/C21H23ClN4O3.2ClH/c1-12-8-17(13-4-3-7-23-10-13)29-21(28)19(12)20(27)26(2)11-18-24-15-6-5-14(22)9-16(15)25-18;;/h5-6,8-9,13,23H,3-4,7,10-11H2,1-2H3,(H,24,25);2*1H. The molecule has 31 heavy (non-hydrogen) atoms. The summed E-state index contributed by atoms with van der Waals surface area (Å²) in [5, 5.41) is 3.92. The zero-order valence-corrected chi connectivity index (χ0v) is 19.6. The fourth-order valence-corrected chi connectivity index (χ4v) is 3.95. The zero-order valence-electron chi connectivity index (χ0n) is 17.2. The molecular weight excluding hydrogens is 463 g/mol. The minimum atomic E-state index is -0.584. The molecule has 3 aromatic rings. The molecule has 1 aromatic carbocycles. The van der Waals surface area contributed by atoms with E-state index in [0.717, 1.165) is 37.0 Å². The SMILES string of the molecule is Cc1cc(C2CCCNC2)oc(=O)c1C(=O)N(C)Cc1nc2ccc(Cl)cc2[nH]1.Cl.Cl. The maximum Gasteiger partial charge on any atom is 0.349 e. The van der Waals surface area contributed by atoms with E-state index in [-0.39, 0.29) is 48.7 Å². The third kappa shape index (κ3) is 5.41. The molecule has 1 aliphatic heterocycles. The molecule has 1 aliphatic rings. The third-order valence-corrected chi connectivity index (χ3v) is 5.54. The number of aromatic nitrogens is 2. The summed E-state index contributed by atoms with van der Waals surface area (Å²) in [6.45, 7) is 3.78. The molecule has 168 valence electrons. The second-order valence-electron chi connectivity index (χ2n) is 7.54. The largest absolute Gasteiger partial charge is 0.427 e. The molecule has 0 radical (unpaired) electrons. The molecular formula is C21H25Cl3N4O3. The van der Waals surface area contributed by atoms with Gasteiger partial charge < -0.3 is 19.6 Å². The van der Waals surface area contributed by atoms with E-state index < -0.39 is 5.63 Å². The Morgan fingerprint density at radius 3 is 2.77 bits per heavy atom. The topological polar surface area (TPSA) is 91.2 Å². The average Bonchev–Trinajstić information content (AvgIpc) is 3.09. The first kappa shape index (κ1) is 25.2. The Morgan fingerprint density at radius 2 is 2.10 bits per heavy atom. The van der Waals surface area contributed by atoms with Crippen LogP contribution in [-0.4, -0.2) is 40.9 Å². The Labute approximate surface area is 197 Å². The Balaban J connectivity index is 0.00000171. The van der Waals surface area contributed by atoms with Crippen LogP contribution in [0.3, 0.4) is 0 Å². The van der Waals surface area contributed by atoms with Crippen LogP contribution in [0.1, 0.15) is 46.3 Å². The summed E-state index contributed by atoms with van der Waals surface area (Å²) in [6.07, 6.45) is 2.01. The van der Waals surface area contributed by atoms with Crippen molar-refractivity contribution in [2.24, 2.45) is 0 Å². The lowest BCUT2D eigenvalue weighted by Gasteiger charge is -2.22. The highest BCUT2D eigenvalue weighted by Gasteiger charge is 2.24. The van der Waals surface area contributed by atoms with E-state index in [9.17, 15) is 9.59 Å². The number of carbonyl (C=O) groups excluding carboxylic acids is 1. The molecule has 0 spiro atoms. The van der Waals surface area contributed by atoms with E-state index in [0.29, 0.717) is 22.2 Å². The Morgan fingerprint density at radius 1 is 1.32 bits per heavy atom. The van der Waals surface area contributed by atoms with Crippen molar-refractivity contribution in [3.8, 4) is 0 Å². The van der Waals surface area contributed by atoms with Crippen LogP contribution in [0.25, 0.3) is 11.0 Å². The van der Waals surface area contributed by atoms with Gasteiger partial charge >= 0.3 is 5.63 Å². The first-order valence-corrected chi connectivity index (χ1v) is 10.0.